The number of ether oxygens (including phenoxy) is 1. The Kier molecular flexibility index (Phi) is 12.4. The molecule has 1 atom stereocenters. The number of carboxylic acids is 3. The van der Waals surface area contributed by atoms with E-state index in [1.54, 1.807) is 24.3 Å². The van der Waals surface area contributed by atoms with Crippen molar-refractivity contribution in [2.75, 3.05) is 39.8 Å². The normalized spacial score (nSPS) is 11.6. The first-order valence-electron chi connectivity index (χ1n) is 8.70. The van der Waals surface area contributed by atoms with Crippen LogP contribution in [0.2, 0.25) is 0 Å². The van der Waals surface area contributed by atoms with Crippen LogP contribution in [0.4, 0.5) is 0 Å². The maximum Gasteiger partial charge on any atom is 2.00 e. The van der Waals surface area contributed by atoms with Crippen LogP contribution >= 0.6 is 0 Å². The summed E-state index contributed by atoms with van der Waals surface area (Å²) < 4.78 is 5.10. The molecule has 0 bridgehead atoms. The van der Waals surface area contributed by atoms with E-state index in [9.17, 15) is 24.3 Å². The molecular formula is C19H25MnN2O8+. The molecule has 0 aliphatic heterocycles. The first-order chi connectivity index (χ1) is 13.6. The third-order valence-electron chi connectivity index (χ3n) is 4.05. The number of benzene rings is 1. The van der Waals surface area contributed by atoms with E-state index < -0.39 is 49.4 Å². The van der Waals surface area contributed by atoms with Crippen LogP contribution in [-0.4, -0.2) is 94.7 Å². The molecule has 10 nitrogen and oxygen atoms in total. The Balaban J connectivity index is 0.00000841. The van der Waals surface area contributed by atoms with Gasteiger partial charge in [0.25, 0.3) is 0 Å². The summed E-state index contributed by atoms with van der Waals surface area (Å²) in [7, 11) is 1.52. The third-order valence-corrected chi connectivity index (χ3v) is 4.05. The quantitative estimate of drug-likeness (QED) is 0.251. The van der Waals surface area contributed by atoms with Crippen LogP contribution < -0.4 is 4.74 Å². The minimum absolute atomic E-state index is 0. The summed E-state index contributed by atoms with van der Waals surface area (Å²) in [6.07, 6.45) is 0.264. The topological polar surface area (TPSA) is 145 Å². The van der Waals surface area contributed by atoms with Crippen molar-refractivity contribution in [3.8, 4) is 5.75 Å². The number of methoxy groups -OCH3 is 1. The van der Waals surface area contributed by atoms with Gasteiger partial charge in [-0.2, -0.15) is 0 Å². The van der Waals surface area contributed by atoms with Gasteiger partial charge in [-0.25, -0.2) is 0 Å². The fourth-order valence-corrected chi connectivity index (χ4v) is 2.92. The SMILES string of the molecule is [CH2-]C(=O)CN(CC(=O)O)C(Cc1ccc(OC)cc1)CN(CC(=O)O)CC(=O)O.[Mn+2]. The van der Waals surface area contributed by atoms with E-state index in [2.05, 4.69) is 6.92 Å². The first-order valence-corrected chi connectivity index (χ1v) is 8.70. The summed E-state index contributed by atoms with van der Waals surface area (Å²) in [6.45, 7) is 1.40. The number of rotatable bonds is 14. The molecule has 1 radical (unpaired) electrons. The van der Waals surface area contributed by atoms with Gasteiger partial charge >= 0.3 is 35.0 Å². The Bertz CT molecular complexity index is 694. The Morgan fingerprint density at radius 1 is 0.933 bits per heavy atom. The summed E-state index contributed by atoms with van der Waals surface area (Å²) in [5.74, 6) is -3.48. The molecule has 1 aromatic carbocycles. The molecule has 1 aromatic rings. The van der Waals surface area contributed by atoms with Gasteiger partial charge in [0.15, 0.2) is 0 Å². The zero-order valence-corrected chi connectivity index (χ0v) is 17.7. The molecular weight excluding hydrogens is 439 g/mol. The van der Waals surface area contributed by atoms with Crippen molar-refractivity contribution in [1.82, 2.24) is 9.80 Å². The summed E-state index contributed by atoms with van der Waals surface area (Å²) >= 11 is 0. The number of carbonyl (C=O) groups excluding carboxylic acids is 1. The van der Waals surface area contributed by atoms with E-state index in [1.807, 2.05) is 0 Å². The molecule has 1 unspecified atom stereocenters. The van der Waals surface area contributed by atoms with Gasteiger partial charge in [0.05, 0.1) is 26.7 Å². The maximum atomic E-state index is 11.6. The zero-order valence-electron chi connectivity index (χ0n) is 16.5. The second-order valence-corrected chi connectivity index (χ2v) is 6.50. The molecule has 0 spiro atoms. The number of carbonyl (C=O) groups is 4. The van der Waals surface area contributed by atoms with E-state index in [1.165, 1.54) is 16.9 Å². The van der Waals surface area contributed by atoms with Crippen LogP contribution in [0, 0.1) is 6.92 Å². The average molecular weight is 464 g/mol. The zero-order chi connectivity index (χ0) is 22.0. The second-order valence-electron chi connectivity index (χ2n) is 6.50. The predicted molar refractivity (Wildman–Crippen MR) is 102 cm³/mol. The van der Waals surface area contributed by atoms with Crippen molar-refractivity contribution in [1.29, 1.82) is 0 Å². The first kappa shape index (κ1) is 27.4. The Morgan fingerprint density at radius 3 is 1.83 bits per heavy atom. The molecule has 3 N–H and O–H groups in total. The Morgan fingerprint density at radius 2 is 1.43 bits per heavy atom. The van der Waals surface area contributed by atoms with Crippen LogP contribution in [0.25, 0.3) is 0 Å². The molecule has 0 saturated heterocycles. The van der Waals surface area contributed by atoms with Gasteiger partial charge in [0.1, 0.15) is 5.75 Å². The van der Waals surface area contributed by atoms with Crippen molar-refractivity contribution < 1.29 is 56.3 Å². The molecule has 0 heterocycles. The van der Waals surface area contributed by atoms with Crippen LogP contribution in [0.3, 0.4) is 0 Å². The molecule has 11 heteroatoms. The number of hydrogen-bond acceptors (Lipinski definition) is 7. The second kappa shape index (κ2) is 13.6. The van der Waals surface area contributed by atoms with Gasteiger partial charge in [0, 0.05) is 24.9 Å². The molecule has 0 aliphatic carbocycles. The van der Waals surface area contributed by atoms with Gasteiger partial charge in [-0.15, -0.1) is 0 Å². The fourth-order valence-electron chi connectivity index (χ4n) is 2.92. The number of aliphatic carboxylic acids is 3. The predicted octanol–water partition coefficient (Wildman–Crippen LogP) is -0.135. The summed E-state index contributed by atoms with van der Waals surface area (Å²) in [5.41, 5.74) is 0.785. The number of nitrogens with zero attached hydrogens (tertiary/aromatic N) is 2. The van der Waals surface area contributed by atoms with Crippen LogP contribution in [0.1, 0.15) is 5.56 Å². The van der Waals surface area contributed by atoms with Crippen molar-refractivity contribution >= 4 is 23.7 Å². The van der Waals surface area contributed by atoms with Crippen molar-refractivity contribution in [3.05, 3.63) is 36.8 Å². The maximum absolute atomic E-state index is 11.6. The summed E-state index contributed by atoms with van der Waals surface area (Å²) in [6, 6.07) is 6.31. The molecule has 0 aromatic heterocycles. The van der Waals surface area contributed by atoms with Crippen molar-refractivity contribution in [3.63, 3.8) is 0 Å². The van der Waals surface area contributed by atoms with E-state index >= 15 is 0 Å². The summed E-state index contributed by atoms with van der Waals surface area (Å²) in [4.78, 5) is 47.6. The van der Waals surface area contributed by atoms with Crippen LogP contribution in [0.15, 0.2) is 24.3 Å². The van der Waals surface area contributed by atoms with Crippen molar-refractivity contribution in [2.24, 2.45) is 0 Å². The van der Waals surface area contributed by atoms with Crippen LogP contribution in [0.5, 0.6) is 5.75 Å². The standard InChI is InChI=1S/C19H25N2O8.Mn/c1-13(22)8-21(12-19(27)28)15(7-14-3-5-16(29-2)6-4-14)9-20(10-17(23)24)11-18(25)26;/h3-6,15H,1,7-12H2,2H3,(H,23,24)(H,25,26)(H,27,28);/q-1;+2. The third kappa shape index (κ3) is 10.8. The molecule has 165 valence electrons. The molecule has 30 heavy (non-hydrogen) atoms. The van der Waals surface area contributed by atoms with Crippen LogP contribution in [-0.2, 0) is 42.7 Å². The molecule has 1 rings (SSSR count). The monoisotopic (exact) mass is 464 g/mol. The molecule has 0 saturated carbocycles. The van der Waals surface area contributed by atoms with Gasteiger partial charge in [-0.3, -0.25) is 24.2 Å². The van der Waals surface area contributed by atoms with Gasteiger partial charge < -0.3 is 31.8 Å². The fraction of sp³-hybridized carbons (Fsp3) is 0.421. The average Bonchev–Trinajstić information content (AvgIpc) is 2.59. The Hall–Kier alpha value is -2.59. The van der Waals surface area contributed by atoms with Gasteiger partial charge in [-0.05, 0) is 24.1 Å². The Labute approximate surface area is 184 Å². The minimum atomic E-state index is -1.22. The van der Waals surface area contributed by atoms with E-state index in [4.69, 9.17) is 14.9 Å². The smallest absolute Gasteiger partial charge is 0.497 e. The molecule has 0 amide bonds. The molecule has 0 fully saturated rings. The number of Topliss-reactive ketones (excluding diaryl/α,β-unsaturated/α-hetero) is 1. The van der Waals surface area contributed by atoms with Crippen molar-refractivity contribution in [2.45, 2.75) is 12.5 Å². The van der Waals surface area contributed by atoms with E-state index in [0.29, 0.717) is 5.75 Å². The number of carboxylic acid groups (broad SMARTS) is 3. The molecule has 0 aliphatic rings. The van der Waals surface area contributed by atoms with Gasteiger partial charge in [0.2, 0.25) is 0 Å². The number of hydrogen-bond donors (Lipinski definition) is 3. The summed E-state index contributed by atoms with van der Waals surface area (Å²) in [5, 5.41) is 27.3. The van der Waals surface area contributed by atoms with Gasteiger partial charge in [-0.1, -0.05) is 12.1 Å². The largest absolute Gasteiger partial charge is 2.00 e. The van der Waals surface area contributed by atoms with E-state index in [-0.39, 0.29) is 36.6 Å². The van der Waals surface area contributed by atoms with E-state index in [0.717, 1.165) is 5.56 Å². The number of ketones is 1. The minimum Gasteiger partial charge on any atom is -0.497 e.